The van der Waals surface area contributed by atoms with Crippen LogP contribution in [0.25, 0.3) is 0 Å². The van der Waals surface area contributed by atoms with Crippen molar-refractivity contribution in [1.29, 1.82) is 0 Å². The van der Waals surface area contributed by atoms with Crippen LogP contribution in [-0.4, -0.2) is 34.2 Å². The van der Waals surface area contributed by atoms with Crippen LogP contribution in [0.15, 0.2) is 66.7 Å². The van der Waals surface area contributed by atoms with Crippen molar-refractivity contribution in [3.05, 3.63) is 117 Å². The zero-order valence-electron chi connectivity index (χ0n) is 29.1. The topological polar surface area (TPSA) is 71.1 Å². The van der Waals surface area contributed by atoms with Gasteiger partial charge in [-0.15, -0.1) is 0 Å². The highest BCUT2D eigenvalue weighted by Gasteiger charge is 2.52. The Hall–Kier alpha value is -4.27. The van der Waals surface area contributed by atoms with Crippen LogP contribution in [0.4, 0.5) is 4.39 Å². The Morgan fingerprint density at radius 3 is 1.74 bits per heavy atom. The van der Waals surface area contributed by atoms with Crippen molar-refractivity contribution >= 4 is 30.6 Å². The van der Waals surface area contributed by atoms with E-state index in [1.807, 2.05) is 63.2 Å². The van der Waals surface area contributed by atoms with E-state index < -0.39 is 26.9 Å². The van der Waals surface area contributed by atoms with Crippen molar-refractivity contribution in [2.24, 2.45) is 0 Å². The number of benzene rings is 4. The summed E-state index contributed by atoms with van der Waals surface area (Å²) < 4.78 is 37.9. The molecule has 0 fully saturated rings. The normalized spacial score (nSPS) is 11.7. The van der Waals surface area contributed by atoms with E-state index in [2.05, 4.69) is 45.0 Å². The number of hydrogen-bond acceptors (Lipinski definition) is 6. The van der Waals surface area contributed by atoms with E-state index in [1.165, 1.54) is 7.11 Å². The van der Waals surface area contributed by atoms with Crippen LogP contribution >= 0.6 is 0 Å². The molecule has 0 unspecified atom stereocenters. The molecule has 0 N–H and O–H groups in total. The lowest BCUT2D eigenvalue weighted by molar-refractivity contribution is -0.0126. The summed E-state index contributed by atoms with van der Waals surface area (Å²) in [5.41, 5.74) is 4.36. The fraction of sp³-hybridized carbons (Fsp3) is 0.333. The largest absolute Gasteiger partial charge is 0.534 e. The molecule has 0 spiro atoms. The molecule has 4 aromatic carbocycles. The van der Waals surface area contributed by atoms with Crippen molar-refractivity contribution in [2.45, 2.75) is 74.0 Å². The Bertz CT molecular complexity index is 1740. The molecular weight excluding hydrogens is 612 g/mol. The first-order valence-corrected chi connectivity index (χ1v) is 17.6. The van der Waals surface area contributed by atoms with Gasteiger partial charge in [-0.3, -0.25) is 0 Å². The Morgan fingerprint density at radius 2 is 1.26 bits per heavy atom. The third-order valence-electron chi connectivity index (χ3n) is 9.15. The molecule has 0 atom stereocenters. The van der Waals surface area contributed by atoms with Gasteiger partial charge in [-0.05, 0) is 96.4 Å². The smallest absolute Gasteiger partial charge is 0.344 e. The van der Waals surface area contributed by atoms with E-state index in [0.717, 1.165) is 21.5 Å². The lowest BCUT2D eigenvalue weighted by Gasteiger charge is -2.43. The van der Waals surface area contributed by atoms with Crippen molar-refractivity contribution in [1.82, 2.24) is 0 Å². The number of hydrogen-bond donors (Lipinski definition) is 0. The van der Waals surface area contributed by atoms with E-state index >= 15 is 0 Å². The Balaban J connectivity index is 1.81. The number of ether oxygens (including phenoxy) is 3. The maximum Gasteiger partial charge on any atom is 0.344 e. The van der Waals surface area contributed by atoms with Gasteiger partial charge in [0.25, 0.3) is 0 Å². The number of esters is 2. The summed E-state index contributed by atoms with van der Waals surface area (Å²) in [6.45, 7) is 16.2. The number of halogens is 1. The number of rotatable bonds is 10. The van der Waals surface area contributed by atoms with E-state index in [1.54, 1.807) is 20.8 Å². The molecule has 0 amide bonds. The number of carbonyl (C=O) groups excluding carboxylic acids is 2. The number of alkyl halides is 1. The first-order chi connectivity index (χ1) is 22.2. The number of carbonyl (C=O) groups is 2. The molecule has 0 aromatic heterocycles. The quantitative estimate of drug-likeness (QED) is 0.0748. The van der Waals surface area contributed by atoms with Gasteiger partial charge < -0.3 is 18.6 Å². The molecule has 0 aliphatic carbocycles. The number of methoxy groups -OCH3 is 1. The van der Waals surface area contributed by atoms with Gasteiger partial charge in [-0.1, -0.05) is 81.4 Å². The van der Waals surface area contributed by atoms with Crippen LogP contribution < -0.4 is 19.5 Å². The second-order valence-corrected chi connectivity index (χ2v) is 17.2. The Kier molecular flexibility index (Phi) is 10.8. The van der Waals surface area contributed by atoms with Crippen molar-refractivity contribution in [3.8, 4) is 11.5 Å². The van der Waals surface area contributed by atoms with Gasteiger partial charge in [0.05, 0.1) is 11.1 Å². The molecule has 0 bridgehead atoms. The van der Waals surface area contributed by atoms with Gasteiger partial charge in [-0.25, -0.2) is 14.0 Å². The molecule has 8 heteroatoms. The first-order valence-electron chi connectivity index (χ1n) is 15.7. The van der Waals surface area contributed by atoms with Crippen LogP contribution in [0.2, 0.25) is 5.04 Å². The molecule has 0 radical (unpaired) electrons. The van der Waals surface area contributed by atoms with Crippen LogP contribution in [0, 0.1) is 41.5 Å². The molecule has 4 aromatic rings. The van der Waals surface area contributed by atoms with E-state index in [0.29, 0.717) is 33.6 Å². The maximum absolute atomic E-state index is 14.5. The minimum atomic E-state index is -2.93. The lowest BCUT2D eigenvalue weighted by Crippen LogP contribution is -2.68. The summed E-state index contributed by atoms with van der Waals surface area (Å²) in [4.78, 5) is 26.7. The van der Waals surface area contributed by atoms with Gasteiger partial charge in [-0.2, -0.15) is 0 Å². The van der Waals surface area contributed by atoms with Crippen LogP contribution in [-0.2, 0) is 16.1 Å². The zero-order chi connectivity index (χ0) is 34.7. The molecular formula is C39H45FO6Si. The molecule has 0 saturated heterocycles. The third kappa shape index (κ3) is 6.62. The van der Waals surface area contributed by atoms with Crippen LogP contribution in [0.5, 0.6) is 11.5 Å². The molecule has 248 valence electrons. The highest BCUT2D eigenvalue weighted by atomic mass is 28.4. The second-order valence-electron chi connectivity index (χ2n) is 13.0. The van der Waals surface area contributed by atoms with E-state index in [-0.39, 0.29) is 28.7 Å². The van der Waals surface area contributed by atoms with Crippen molar-refractivity contribution < 1.29 is 32.6 Å². The van der Waals surface area contributed by atoms with Gasteiger partial charge in [0.2, 0.25) is 0 Å². The maximum atomic E-state index is 14.5. The first kappa shape index (κ1) is 35.6. The summed E-state index contributed by atoms with van der Waals surface area (Å²) in [7, 11) is -1.52. The molecule has 47 heavy (non-hydrogen) atoms. The Morgan fingerprint density at radius 1 is 0.723 bits per heavy atom. The molecule has 6 nitrogen and oxygen atoms in total. The minimum Gasteiger partial charge on any atom is -0.534 e. The average molecular weight is 657 g/mol. The van der Waals surface area contributed by atoms with Crippen molar-refractivity contribution in [2.75, 3.05) is 13.9 Å². The third-order valence-corrected chi connectivity index (χ3v) is 14.1. The summed E-state index contributed by atoms with van der Waals surface area (Å²) >= 11 is 0. The SMILES string of the molecule is COCOC(=O)c1c(C)c(C)c(OC(=O)c2c(C)cc(O[Si](c3ccccc3)(c3ccccc3)C(C)(C)C)c(C)c2C)c(CF)c1C. The average Bonchev–Trinajstić information content (AvgIpc) is 3.04. The second kappa shape index (κ2) is 14.2. The van der Waals surface area contributed by atoms with Gasteiger partial charge in [0, 0.05) is 12.7 Å². The zero-order valence-corrected chi connectivity index (χ0v) is 30.1. The molecule has 0 aliphatic heterocycles. The monoisotopic (exact) mass is 656 g/mol. The van der Waals surface area contributed by atoms with Crippen LogP contribution in [0.3, 0.4) is 0 Å². The predicted molar refractivity (Wildman–Crippen MR) is 187 cm³/mol. The molecule has 0 heterocycles. The lowest BCUT2D eigenvalue weighted by atomic mass is 9.92. The van der Waals surface area contributed by atoms with Crippen LogP contribution in [0.1, 0.15) is 80.4 Å². The molecule has 4 rings (SSSR count). The summed E-state index contributed by atoms with van der Waals surface area (Å²) in [5.74, 6) is -0.417. The predicted octanol–water partition coefficient (Wildman–Crippen LogP) is 7.93. The summed E-state index contributed by atoms with van der Waals surface area (Å²) in [5, 5.41) is 2.04. The van der Waals surface area contributed by atoms with Gasteiger partial charge >= 0.3 is 20.3 Å². The fourth-order valence-electron chi connectivity index (χ4n) is 6.40. The van der Waals surface area contributed by atoms with E-state index in [4.69, 9.17) is 18.6 Å². The summed E-state index contributed by atoms with van der Waals surface area (Å²) in [6, 6.07) is 22.7. The van der Waals surface area contributed by atoms with Gasteiger partial charge in [0.1, 0.15) is 18.2 Å². The van der Waals surface area contributed by atoms with Gasteiger partial charge in [0.15, 0.2) is 6.79 Å². The summed E-state index contributed by atoms with van der Waals surface area (Å²) in [6.07, 6.45) is 0. The molecule has 0 saturated carbocycles. The number of aryl methyl sites for hydroxylation is 1. The standard InChI is InChI=1S/C39H45FO6Si/c1-24-21-33(46-47(39(7,8)9,30-17-13-11-14-18-30)31-19-15-12-16-20-31)25(2)26(3)34(24)38(42)45-36-28(5)27(4)35(29(6)32(36)22-40)37(41)44-23-43-10/h11-21H,22-23H2,1-10H3. The highest BCUT2D eigenvalue weighted by Crippen LogP contribution is 2.40. The highest BCUT2D eigenvalue weighted by molar-refractivity contribution is 7.00. The van der Waals surface area contributed by atoms with Crippen molar-refractivity contribution in [3.63, 3.8) is 0 Å². The molecule has 0 aliphatic rings. The fourth-order valence-corrected chi connectivity index (χ4v) is 10.9. The Labute approximate surface area is 279 Å². The van der Waals surface area contributed by atoms with E-state index in [9.17, 15) is 14.0 Å². The minimum absolute atomic E-state index is 0.111.